The number of hydrogen-bond acceptors (Lipinski definition) is 5. The normalized spacial score (nSPS) is 28.7. The van der Waals surface area contributed by atoms with Gasteiger partial charge in [0.1, 0.15) is 0 Å². The molecule has 0 amide bonds. The molecule has 1 N–H and O–H groups in total. The lowest BCUT2D eigenvalue weighted by atomic mass is 9.73. The molecule has 3 aliphatic rings. The van der Waals surface area contributed by atoms with Gasteiger partial charge in [0, 0.05) is 31.0 Å². The minimum absolute atomic E-state index is 0.0703. The van der Waals surface area contributed by atoms with E-state index in [1.807, 2.05) is 24.3 Å². The molecule has 3 aliphatic heterocycles. The number of aromatic nitrogens is 1. The fraction of sp³-hybridized carbons (Fsp3) is 0.429. The molecule has 2 aromatic rings. The Morgan fingerprint density at radius 1 is 1.46 bits per heavy atom. The van der Waals surface area contributed by atoms with E-state index < -0.39 is 12.1 Å². The number of carbonyl (C=O) groups is 1. The zero-order valence-electron chi connectivity index (χ0n) is 15.0. The zero-order valence-corrected chi connectivity index (χ0v) is 15.0. The Morgan fingerprint density at radius 3 is 2.96 bits per heavy atom. The number of benzene rings is 1. The summed E-state index contributed by atoms with van der Waals surface area (Å²) in [5.74, 6) is 0.920. The topological polar surface area (TPSA) is 62.7 Å². The molecule has 1 unspecified atom stereocenters. The van der Waals surface area contributed by atoms with Gasteiger partial charge in [-0.25, -0.2) is 4.98 Å². The van der Waals surface area contributed by atoms with Gasteiger partial charge >= 0.3 is 5.97 Å². The summed E-state index contributed by atoms with van der Waals surface area (Å²) in [5, 5.41) is 12.1. The lowest BCUT2D eigenvalue weighted by molar-refractivity contribution is -0.132. The van der Waals surface area contributed by atoms with E-state index in [-0.39, 0.29) is 11.9 Å². The van der Waals surface area contributed by atoms with Crippen molar-refractivity contribution in [2.75, 3.05) is 13.1 Å². The van der Waals surface area contributed by atoms with Crippen molar-refractivity contribution < 1.29 is 14.6 Å². The summed E-state index contributed by atoms with van der Waals surface area (Å²) in [6.45, 7) is 7.29. The Hall–Kier alpha value is -2.24. The number of ether oxygens (including phenoxy) is 1. The molecule has 5 heteroatoms. The molecular weight excluding hydrogens is 328 g/mol. The number of fused-ring (bicyclic) bond motifs is 4. The Balaban J connectivity index is 1.71. The van der Waals surface area contributed by atoms with E-state index in [2.05, 4.69) is 22.5 Å². The standard InChI is InChI=1S/C21H24N2O3/c1-3-14-12-23-9-8-15(14)10-19(23)21(25)17-11-20(26-13(2)24)22-18-7-5-4-6-16(17)18/h3-7,11,14-15,19,21,25H,1,8-10,12H2,2H3/t14-,15+,19+,21-/m1/s1. The summed E-state index contributed by atoms with van der Waals surface area (Å²) in [7, 11) is 0. The van der Waals surface area contributed by atoms with Gasteiger partial charge in [-0.2, -0.15) is 0 Å². The van der Waals surface area contributed by atoms with Gasteiger partial charge in [0.15, 0.2) is 0 Å². The van der Waals surface area contributed by atoms with E-state index in [0.717, 1.165) is 42.4 Å². The summed E-state index contributed by atoms with van der Waals surface area (Å²) in [5.41, 5.74) is 1.50. The van der Waals surface area contributed by atoms with Crippen molar-refractivity contribution in [1.82, 2.24) is 9.88 Å². The molecule has 0 spiro atoms. The van der Waals surface area contributed by atoms with Crippen LogP contribution in [-0.2, 0) is 4.79 Å². The van der Waals surface area contributed by atoms with Gasteiger partial charge in [-0.05, 0) is 42.9 Å². The summed E-state index contributed by atoms with van der Waals surface area (Å²) in [6, 6.07) is 9.45. The summed E-state index contributed by atoms with van der Waals surface area (Å²) >= 11 is 0. The largest absolute Gasteiger partial charge is 0.408 e. The minimum Gasteiger partial charge on any atom is -0.408 e. The van der Waals surface area contributed by atoms with E-state index in [9.17, 15) is 9.90 Å². The predicted octanol–water partition coefficient (Wildman–Crippen LogP) is 3.09. The molecular formula is C21H24N2O3. The van der Waals surface area contributed by atoms with Crippen LogP contribution in [0.4, 0.5) is 0 Å². The first-order chi connectivity index (χ1) is 12.6. The van der Waals surface area contributed by atoms with Gasteiger partial charge in [0.2, 0.25) is 5.88 Å². The number of para-hydroxylation sites is 1. The van der Waals surface area contributed by atoms with Crippen LogP contribution in [0.5, 0.6) is 5.88 Å². The second-order valence-corrected chi connectivity index (χ2v) is 7.35. The maximum atomic E-state index is 11.4. The van der Waals surface area contributed by atoms with Crippen LogP contribution in [0.3, 0.4) is 0 Å². The number of rotatable bonds is 4. The number of aliphatic hydroxyl groups excluding tert-OH is 1. The zero-order chi connectivity index (χ0) is 18.3. The van der Waals surface area contributed by atoms with Crippen molar-refractivity contribution in [1.29, 1.82) is 0 Å². The molecule has 136 valence electrons. The van der Waals surface area contributed by atoms with Crippen molar-refractivity contribution in [3.05, 3.63) is 48.6 Å². The number of hydrogen-bond donors (Lipinski definition) is 1. The van der Waals surface area contributed by atoms with Crippen molar-refractivity contribution in [3.8, 4) is 5.88 Å². The minimum atomic E-state index is -0.647. The Bertz CT molecular complexity index is 850. The summed E-state index contributed by atoms with van der Waals surface area (Å²) in [6.07, 6.45) is 3.53. The first-order valence-electron chi connectivity index (χ1n) is 9.19. The van der Waals surface area contributed by atoms with E-state index in [1.54, 1.807) is 6.07 Å². The molecule has 0 radical (unpaired) electrons. The highest BCUT2D eigenvalue weighted by Gasteiger charge is 2.42. The van der Waals surface area contributed by atoms with Crippen LogP contribution in [0.15, 0.2) is 43.0 Å². The molecule has 5 nitrogen and oxygen atoms in total. The number of nitrogens with zero attached hydrogens (tertiary/aromatic N) is 2. The summed E-state index contributed by atoms with van der Waals surface area (Å²) < 4.78 is 5.21. The van der Waals surface area contributed by atoms with Gasteiger partial charge in [-0.3, -0.25) is 9.69 Å². The molecule has 2 bridgehead atoms. The van der Waals surface area contributed by atoms with Crippen molar-refractivity contribution >= 4 is 16.9 Å². The fourth-order valence-corrected chi connectivity index (χ4v) is 4.53. The molecule has 26 heavy (non-hydrogen) atoms. The van der Waals surface area contributed by atoms with Gasteiger partial charge in [0.25, 0.3) is 0 Å². The lowest BCUT2D eigenvalue weighted by Gasteiger charge is -2.50. The average molecular weight is 352 g/mol. The third kappa shape index (κ3) is 3.02. The van der Waals surface area contributed by atoms with E-state index >= 15 is 0 Å². The number of esters is 1. The molecule has 1 aromatic carbocycles. The lowest BCUT2D eigenvalue weighted by Crippen LogP contribution is -2.54. The van der Waals surface area contributed by atoms with E-state index in [1.165, 1.54) is 6.92 Å². The molecule has 4 heterocycles. The first kappa shape index (κ1) is 17.2. The van der Waals surface area contributed by atoms with Gasteiger partial charge < -0.3 is 9.84 Å². The van der Waals surface area contributed by atoms with Gasteiger partial charge in [-0.15, -0.1) is 6.58 Å². The van der Waals surface area contributed by atoms with Gasteiger partial charge in [0.05, 0.1) is 11.6 Å². The molecule has 3 saturated heterocycles. The average Bonchev–Trinajstić information content (AvgIpc) is 2.66. The SMILES string of the molecule is C=C[C@@H]1CN2CC[C@H]1C[C@H]2[C@H](O)c1cc(OC(C)=O)nc2ccccc12. The quantitative estimate of drug-likeness (QED) is 0.677. The van der Waals surface area contributed by atoms with Crippen molar-refractivity contribution in [3.63, 3.8) is 0 Å². The number of piperidine rings is 3. The van der Waals surface area contributed by atoms with Crippen LogP contribution in [0.2, 0.25) is 0 Å². The Labute approximate surface area is 153 Å². The highest BCUT2D eigenvalue weighted by Crippen LogP contribution is 2.42. The smallest absolute Gasteiger partial charge is 0.309 e. The van der Waals surface area contributed by atoms with Crippen LogP contribution in [0.1, 0.15) is 31.4 Å². The van der Waals surface area contributed by atoms with Crippen molar-refractivity contribution in [2.45, 2.75) is 31.9 Å². The molecule has 5 atom stereocenters. The predicted molar refractivity (Wildman–Crippen MR) is 99.8 cm³/mol. The molecule has 1 aromatic heterocycles. The second-order valence-electron chi connectivity index (χ2n) is 7.35. The first-order valence-corrected chi connectivity index (χ1v) is 9.19. The molecule has 5 rings (SSSR count). The Kier molecular flexibility index (Phi) is 4.51. The van der Waals surface area contributed by atoms with Gasteiger partial charge in [-0.1, -0.05) is 24.3 Å². The third-order valence-electron chi connectivity index (χ3n) is 5.81. The molecule has 0 saturated carbocycles. The van der Waals surface area contributed by atoms with E-state index in [4.69, 9.17) is 4.74 Å². The van der Waals surface area contributed by atoms with E-state index in [0.29, 0.717) is 11.8 Å². The van der Waals surface area contributed by atoms with Crippen LogP contribution in [0, 0.1) is 11.8 Å². The molecule has 3 fully saturated rings. The molecule has 0 aliphatic carbocycles. The van der Waals surface area contributed by atoms with Crippen LogP contribution in [-0.4, -0.2) is 40.1 Å². The number of aliphatic hydroxyl groups is 1. The maximum absolute atomic E-state index is 11.4. The van der Waals surface area contributed by atoms with Crippen molar-refractivity contribution in [2.24, 2.45) is 11.8 Å². The third-order valence-corrected chi connectivity index (χ3v) is 5.81. The number of pyridine rings is 1. The Morgan fingerprint density at radius 2 is 2.27 bits per heavy atom. The highest BCUT2D eigenvalue weighted by molar-refractivity contribution is 5.84. The van der Waals surface area contributed by atoms with Crippen LogP contribution in [0.25, 0.3) is 10.9 Å². The number of carbonyl (C=O) groups excluding carboxylic acids is 1. The summed E-state index contributed by atoms with van der Waals surface area (Å²) in [4.78, 5) is 18.1. The monoisotopic (exact) mass is 352 g/mol. The maximum Gasteiger partial charge on any atom is 0.309 e. The fourth-order valence-electron chi connectivity index (χ4n) is 4.53. The highest BCUT2D eigenvalue weighted by atomic mass is 16.5. The second kappa shape index (κ2) is 6.82. The van der Waals surface area contributed by atoms with Crippen LogP contribution >= 0.6 is 0 Å². The van der Waals surface area contributed by atoms with Crippen LogP contribution < -0.4 is 4.74 Å².